The number of amides is 1. The van der Waals surface area contributed by atoms with E-state index in [4.69, 9.17) is 16.3 Å². The average molecular weight is 430 g/mol. The second kappa shape index (κ2) is 8.06. The zero-order valence-corrected chi connectivity index (χ0v) is 17.9. The van der Waals surface area contributed by atoms with Gasteiger partial charge < -0.3 is 15.0 Å². The average Bonchev–Trinajstić information content (AvgIpc) is 3.13. The minimum Gasteiger partial charge on any atom is -0.444 e. The number of fused-ring (bicyclic) bond motifs is 1. The normalized spacial score (nSPS) is 17.2. The van der Waals surface area contributed by atoms with Crippen LogP contribution in [0.15, 0.2) is 31.0 Å². The van der Waals surface area contributed by atoms with Gasteiger partial charge in [0.2, 0.25) is 0 Å². The molecule has 3 aromatic rings. The van der Waals surface area contributed by atoms with Crippen LogP contribution in [0.3, 0.4) is 0 Å². The molecular weight excluding hydrogens is 406 g/mol. The first-order chi connectivity index (χ1) is 14.3. The van der Waals surface area contributed by atoms with Gasteiger partial charge in [0.15, 0.2) is 5.82 Å². The van der Waals surface area contributed by atoms with Gasteiger partial charge in [0, 0.05) is 31.5 Å². The maximum absolute atomic E-state index is 12.4. The van der Waals surface area contributed by atoms with Crippen LogP contribution in [-0.4, -0.2) is 60.3 Å². The lowest BCUT2D eigenvalue weighted by Gasteiger charge is -2.34. The number of nitrogens with zero attached hydrogens (tertiary/aromatic N) is 6. The van der Waals surface area contributed by atoms with Crippen LogP contribution in [0.4, 0.5) is 10.6 Å². The molecule has 1 N–H and O–H groups in total. The van der Waals surface area contributed by atoms with E-state index >= 15 is 0 Å². The van der Waals surface area contributed by atoms with Gasteiger partial charge in [0.1, 0.15) is 16.4 Å². The van der Waals surface area contributed by atoms with E-state index in [9.17, 15) is 4.79 Å². The first-order valence-electron chi connectivity index (χ1n) is 9.85. The first-order valence-corrected chi connectivity index (χ1v) is 10.2. The minimum atomic E-state index is -0.522. The lowest BCUT2D eigenvalue weighted by atomic mass is 10.1. The summed E-state index contributed by atoms with van der Waals surface area (Å²) in [5, 5.41) is 8.10. The van der Waals surface area contributed by atoms with Gasteiger partial charge in [0.25, 0.3) is 0 Å². The highest BCUT2D eigenvalue weighted by molar-refractivity contribution is 6.32. The van der Waals surface area contributed by atoms with Gasteiger partial charge >= 0.3 is 6.09 Å². The number of carbonyl (C=O) groups excluding carboxylic acids is 1. The van der Waals surface area contributed by atoms with Crippen molar-refractivity contribution in [3.05, 3.63) is 36.0 Å². The number of anilines is 1. The van der Waals surface area contributed by atoms with Crippen LogP contribution in [0.25, 0.3) is 16.9 Å². The monoisotopic (exact) mass is 429 g/mol. The largest absolute Gasteiger partial charge is 0.444 e. The molecule has 0 aromatic carbocycles. The molecule has 10 heteroatoms. The highest BCUT2D eigenvalue weighted by Crippen LogP contribution is 2.27. The Bertz CT molecular complexity index is 1060. The van der Waals surface area contributed by atoms with E-state index in [1.807, 2.05) is 20.8 Å². The molecule has 30 heavy (non-hydrogen) atoms. The number of hydrogen-bond acceptors (Lipinski definition) is 7. The van der Waals surface area contributed by atoms with E-state index in [1.165, 1.54) is 0 Å². The molecule has 0 aliphatic carbocycles. The van der Waals surface area contributed by atoms with Crippen molar-refractivity contribution < 1.29 is 9.53 Å². The summed E-state index contributed by atoms with van der Waals surface area (Å²) in [6, 6.07) is 0.0112. The smallest absolute Gasteiger partial charge is 0.410 e. The van der Waals surface area contributed by atoms with E-state index < -0.39 is 5.60 Å². The Kier molecular flexibility index (Phi) is 5.46. The summed E-state index contributed by atoms with van der Waals surface area (Å²) in [5.41, 5.74) is 1.05. The van der Waals surface area contributed by atoms with Gasteiger partial charge in [-0.3, -0.25) is 4.98 Å². The maximum atomic E-state index is 12.4. The Morgan fingerprint density at radius 2 is 2.13 bits per heavy atom. The summed E-state index contributed by atoms with van der Waals surface area (Å²) in [6.07, 6.45) is 9.88. The zero-order chi connectivity index (χ0) is 21.3. The molecule has 0 bridgehead atoms. The molecule has 1 unspecified atom stereocenters. The number of carbonyl (C=O) groups is 1. The zero-order valence-electron chi connectivity index (χ0n) is 17.2. The van der Waals surface area contributed by atoms with Gasteiger partial charge in [-0.25, -0.2) is 19.3 Å². The Morgan fingerprint density at radius 1 is 1.30 bits per heavy atom. The van der Waals surface area contributed by atoms with E-state index in [2.05, 4.69) is 25.4 Å². The van der Waals surface area contributed by atoms with Crippen LogP contribution in [0.2, 0.25) is 5.02 Å². The molecule has 0 radical (unpaired) electrons. The van der Waals surface area contributed by atoms with Gasteiger partial charge in [-0.2, -0.15) is 5.10 Å². The van der Waals surface area contributed by atoms with Crippen LogP contribution < -0.4 is 5.32 Å². The molecule has 158 valence electrons. The molecular formula is C20H24ClN7O2. The van der Waals surface area contributed by atoms with Crippen molar-refractivity contribution in [3.8, 4) is 11.4 Å². The lowest BCUT2D eigenvalue weighted by Crippen LogP contribution is -2.47. The number of piperidine rings is 1. The van der Waals surface area contributed by atoms with Gasteiger partial charge in [0.05, 0.1) is 29.7 Å². The SMILES string of the molecule is CC(C)(C)OC(=O)N1CCCC(Nc2nc(-c3cnn4ccncc34)ncc2Cl)C1. The van der Waals surface area contributed by atoms with Crippen molar-refractivity contribution in [1.29, 1.82) is 0 Å². The third-order valence-electron chi connectivity index (χ3n) is 4.72. The van der Waals surface area contributed by atoms with E-state index in [-0.39, 0.29) is 12.1 Å². The standard InChI is InChI=1S/C20H24ClN7O2/c1-20(2,3)30-19(29)27-7-4-5-13(12-27)25-18-15(21)10-23-17(26-18)14-9-24-28-8-6-22-11-16(14)28/h6,8-11,13H,4-5,7,12H2,1-3H3,(H,23,25,26). The van der Waals surface area contributed by atoms with Gasteiger partial charge in [-0.05, 0) is 33.6 Å². The maximum Gasteiger partial charge on any atom is 0.410 e. The van der Waals surface area contributed by atoms with E-state index in [1.54, 1.807) is 40.4 Å². The van der Waals surface area contributed by atoms with E-state index in [0.29, 0.717) is 29.8 Å². The Morgan fingerprint density at radius 3 is 2.93 bits per heavy atom. The predicted octanol–water partition coefficient (Wildman–Crippen LogP) is 3.65. The highest BCUT2D eigenvalue weighted by Gasteiger charge is 2.28. The number of likely N-dealkylation sites (tertiary alicyclic amines) is 1. The molecule has 9 nitrogen and oxygen atoms in total. The highest BCUT2D eigenvalue weighted by atomic mass is 35.5. The van der Waals surface area contributed by atoms with Crippen molar-refractivity contribution in [3.63, 3.8) is 0 Å². The molecule has 4 rings (SSSR count). The second-order valence-electron chi connectivity index (χ2n) is 8.26. The van der Waals surface area contributed by atoms with Crippen LogP contribution in [0.1, 0.15) is 33.6 Å². The molecule has 1 atom stereocenters. The number of aromatic nitrogens is 5. The van der Waals surface area contributed by atoms with Crippen molar-refractivity contribution in [2.75, 3.05) is 18.4 Å². The van der Waals surface area contributed by atoms with Crippen molar-refractivity contribution in [1.82, 2.24) is 29.5 Å². The number of hydrogen-bond donors (Lipinski definition) is 1. The molecule has 1 fully saturated rings. The molecule has 0 saturated carbocycles. The fourth-order valence-corrected chi connectivity index (χ4v) is 3.53. The predicted molar refractivity (Wildman–Crippen MR) is 113 cm³/mol. The fourth-order valence-electron chi connectivity index (χ4n) is 3.39. The summed E-state index contributed by atoms with van der Waals surface area (Å²) in [6.45, 7) is 6.78. The molecule has 0 spiro atoms. The van der Waals surface area contributed by atoms with Crippen molar-refractivity contribution >= 4 is 29.0 Å². The van der Waals surface area contributed by atoms with E-state index in [0.717, 1.165) is 23.9 Å². The number of halogens is 1. The van der Waals surface area contributed by atoms with Crippen LogP contribution >= 0.6 is 11.6 Å². The van der Waals surface area contributed by atoms with Crippen LogP contribution in [-0.2, 0) is 4.74 Å². The van der Waals surface area contributed by atoms with Crippen molar-refractivity contribution in [2.45, 2.75) is 45.3 Å². The molecule has 1 saturated heterocycles. The third-order valence-corrected chi connectivity index (χ3v) is 5.00. The molecule has 3 aromatic heterocycles. The van der Waals surface area contributed by atoms with Crippen LogP contribution in [0, 0.1) is 0 Å². The summed E-state index contributed by atoms with van der Waals surface area (Å²) in [5.74, 6) is 1.03. The van der Waals surface area contributed by atoms with Gasteiger partial charge in [-0.1, -0.05) is 11.6 Å². The number of rotatable bonds is 3. The molecule has 1 amide bonds. The minimum absolute atomic E-state index is 0.0112. The Balaban J connectivity index is 1.52. The molecule has 4 heterocycles. The summed E-state index contributed by atoms with van der Waals surface area (Å²) in [7, 11) is 0. The Labute approximate surface area is 179 Å². The first kappa shape index (κ1) is 20.3. The topological polar surface area (TPSA) is 97.5 Å². The van der Waals surface area contributed by atoms with Gasteiger partial charge in [-0.15, -0.1) is 0 Å². The number of ether oxygens (including phenoxy) is 1. The summed E-state index contributed by atoms with van der Waals surface area (Å²) < 4.78 is 7.22. The summed E-state index contributed by atoms with van der Waals surface area (Å²) >= 11 is 6.36. The Hall–Kier alpha value is -2.94. The molecule has 1 aliphatic rings. The number of nitrogens with one attached hydrogen (secondary N) is 1. The molecule has 1 aliphatic heterocycles. The second-order valence-corrected chi connectivity index (χ2v) is 8.67. The lowest BCUT2D eigenvalue weighted by molar-refractivity contribution is 0.0206. The van der Waals surface area contributed by atoms with Crippen molar-refractivity contribution in [2.24, 2.45) is 0 Å². The quantitative estimate of drug-likeness (QED) is 0.678. The third kappa shape index (κ3) is 4.46. The van der Waals surface area contributed by atoms with Crippen LogP contribution in [0.5, 0.6) is 0 Å². The summed E-state index contributed by atoms with van der Waals surface area (Å²) in [4.78, 5) is 27.3. The fraction of sp³-hybridized carbons (Fsp3) is 0.450.